The highest BCUT2D eigenvalue weighted by atomic mass is 19.1. The minimum atomic E-state index is -0.310. The van der Waals surface area contributed by atoms with E-state index >= 15 is 0 Å². The van der Waals surface area contributed by atoms with Gasteiger partial charge >= 0.3 is 0 Å². The quantitative estimate of drug-likeness (QED) is 0.638. The maximum absolute atomic E-state index is 14.9. The number of benzene rings is 1. The molecule has 1 unspecified atom stereocenters. The molecule has 3 heterocycles. The van der Waals surface area contributed by atoms with Crippen molar-refractivity contribution in [3.8, 4) is 11.3 Å². The minimum absolute atomic E-state index is 0.122. The smallest absolute Gasteiger partial charge is 0.224 e. The molecule has 1 aromatic carbocycles. The highest BCUT2D eigenvalue weighted by molar-refractivity contribution is 5.90. The van der Waals surface area contributed by atoms with Crippen molar-refractivity contribution in [1.29, 1.82) is 0 Å². The number of nitrogen functional groups attached to an aromatic ring is 1. The van der Waals surface area contributed by atoms with Crippen LogP contribution in [0, 0.1) is 11.7 Å². The average Bonchev–Trinajstić information content (AvgIpc) is 2.72. The van der Waals surface area contributed by atoms with Crippen molar-refractivity contribution in [1.82, 2.24) is 15.0 Å². The van der Waals surface area contributed by atoms with Crippen molar-refractivity contribution in [2.24, 2.45) is 11.7 Å². The van der Waals surface area contributed by atoms with Crippen LogP contribution in [0.1, 0.15) is 12.8 Å². The molecule has 7 nitrogen and oxygen atoms in total. The van der Waals surface area contributed by atoms with E-state index in [0.717, 1.165) is 37.0 Å². The van der Waals surface area contributed by atoms with Crippen LogP contribution in [0.2, 0.25) is 0 Å². The number of nitrogens with two attached hydrogens (primary N) is 2. The lowest BCUT2D eigenvalue weighted by Gasteiger charge is -2.35. The van der Waals surface area contributed by atoms with Crippen molar-refractivity contribution < 1.29 is 4.39 Å². The molecule has 0 radical (unpaired) electrons. The molecule has 1 fully saturated rings. The van der Waals surface area contributed by atoms with Crippen LogP contribution in [-0.4, -0.2) is 41.6 Å². The Balaban J connectivity index is 1.83. The molecule has 5 N–H and O–H groups in total. The summed E-state index contributed by atoms with van der Waals surface area (Å²) in [6.45, 7) is 2.33. The summed E-state index contributed by atoms with van der Waals surface area (Å²) in [5, 5.41) is 3.73. The second-order valence-corrected chi connectivity index (χ2v) is 7.07. The molecule has 146 valence electrons. The van der Waals surface area contributed by atoms with E-state index in [1.165, 1.54) is 6.07 Å². The zero-order valence-corrected chi connectivity index (χ0v) is 15.8. The number of hydrogen-bond donors (Lipinski definition) is 3. The second kappa shape index (κ2) is 7.55. The molecule has 3 aromatic rings. The number of halogens is 1. The maximum atomic E-state index is 14.9. The van der Waals surface area contributed by atoms with Gasteiger partial charge in [-0.05, 0) is 49.6 Å². The Labute approximate surface area is 163 Å². The summed E-state index contributed by atoms with van der Waals surface area (Å²) in [7, 11) is 1.76. The van der Waals surface area contributed by atoms with Gasteiger partial charge in [0.2, 0.25) is 5.95 Å². The molecule has 4 rings (SSSR count). The number of pyridine rings is 1. The Kier molecular flexibility index (Phi) is 4.95. The van der Waals surface area contributed by atoms with Crippen LogP contribution >= 0.6 is 0 Å². The van der Waals surface area contributed by atoms with E-state index in [-0.39, 0.29) is 11.8 Å². The van der Waals surface area contributed by atoms with Gasteiger partial charge in [0.1, 0.15) is 11.6 Å². The van der Waals surface area contributed by atoms with Crippen molar-refractivity contribution in [3.63, 3.8) is 0 Å². The lowest BCUT2D eigenvalue weighted by atomic mass is 9.96. The largest absolute Gasteiger partial charge is 0.372 e. The molecule has 0 bridgehead atoms. The Morgan fingerprint density at radius 2 is 2.07 bits per heavy atom. The number of nitrogens with zero attached hydrogens (tertiary/aromatic N) is 4. The Hall–Kier alpha value is -3.00. The van der Waals surface area contributed by atoms with E-state index in [1.807, 2.05) is 12.1 Å². The van der Waals surface area contributed by atoms with Crippen molar-refractivity contribution >= 4 is 28.5 Å². The zero-order chi connectivity index (χ0) is 19.7. The summed E-state index contributed by atoms with van der Waals surface area (Å²) in [5.74, 6) is 0.824. The number of anilines is 3. The van der Waals surface area contributed by atoms with Gasteiger partial charge in [-0.3, -0.25) is 0 Å². The third-order valence-electron chi connectivity index (χ3n) is 5.25. The summed E-state index contributed by atoms with van der Waals surface area (Å²) < 4.78 is 14.9. The summed E-state index contributed by atoms with van der Waals surface area (Å²) >= 11 is 0. The molecule has 28 heavy (non-hydrogen) atoms. The van der Waals surface area contributed by atoms with Crippen molar-refractivity contribution in [2.45, 2.75) is 12.8 Å². The fourth-order valence-electron chi connectivity index (χ4n) is 3.86. The van der Waals surface area contributed by atoms with Gasteiger partial charge in [0.05, 0.1) is 16.6 Å². The predicted octanol–water partition coefficient (Wildman–Crippen LogP) is 2.63. The molecule has 0 saturated carbocycles. The fourth-order valence-corrected chi connectivity index (χ4v) is 3.86. The van der Waals surface area contributed by atoms with Gasteiger partial charge in [-0.15, -0.1) is 0 Å². The second-order valence-electron chi connectivity index (χ2n) is 7.07. The Morgan fingerprint density at radius 1 is 1.21 bits per heavy atom. The SMILES string of the molecule is CNc1nc(N)nc2nc(-c3c(F)cccc3N3CCCC(CN)C3)ccc12. The van der Waals surface area contributed by atoms with Crippen LogP contribution in [0.4, 0.5) is 21.8 Å². The lowest BCUT2D eigenvalue weighted by Crippen LogP contribution is -2.38. The van der Waals surface area contributed by atoms with Crippen LogP contribution in [0.25, 0.3) is 22.3 Å². The molecule has 0 aliphatic carbocycles. The summed E-state index contributed by atoms with van der Waals surface area (Å²) in [6, 6.07) is 8.78. The number of piperidine rings is 1. The third kappa shape index (κ3) is 3.31. The van der Waals surface area contributed by atoms with Gasteiger partial charge < -0.3 is 21.7 Å². The van der Waals surface area contributed by atoms with E-state index in [9.17, 15) is 4.39 Å². The number of rotatable bonds is 4. The number of aromatic nitrogens is 3. The van der Waals surface area contributed by atoms with E-state index in [1.54, 1.807) is 19.2 Å². The van der Waals surface area contributed by atoms with Gasteiger partial charge in [-0.1, -0.05) is 6.07 Å². The monoisotopic (exact) mass is 381 g/mol. The number of fused-ring (bicyclic) bond motifs is 1. The van der Waals surface area contributed by atoms with Crippen LogP contribution in [0.3, 0.4) is 0 Å². The first kappa shape index (κ1) is 18.4. The first-order valence-corrected chi connectivity index (χ1v) is 9.46. The van der Waals surface area contributed by atoms with E-state index in [0.29, 0.717) is 35.2 Å². The van der Waals surface area contributed by atoms with Gasteiger partial charge in [0.15, 0.2) is 5.65 Å². The lowest BCUT2D eigenvalue weighted by molar-refractivity contribution is 0.423. The normalized spacial score (nSPS) is 17.1. The Morgan fingerprint density at radius 3 is 2.86 bits per heavy atom. The van der Waals surface area contributed by atoms with E-state index in [2.05, 4.69) is 25.2 Å². The topological polar surface area (TPSA) is 106 Å². The highest BCUT2D eigenvalue weighted by Gasteiger charge is 2.23. The minimum Gasteiger partial charge on any atom is -0.372 e. The first-order chi connectivity index (χ1) is 13.6. The molecule has 0 amide bonds. The maximum Gasteiger partial charge on any atom is 0.224 e. The van der Waals surface area contributed by atoms with Gasteiger partial charge in [-0.2, -0.15) is 9.97 Å². The first-order valence-electron chi connectivity index (χ1n) is 9.46. The molecule has 1 aliphatic rings. The molecular formula is C20H24FN7. The third-order valence-corrected chi connectivity index (χ3v) is 5.25. The highest BCUT2D eigenvalue weighted by Crippen LogP contribution is 2.35. The molecule has 1 aliphatic heterocycles. The number of nitrogens with one attached hydrogen (secondary N) is 1. The fraction of sp³-hybridized carbons (Fsp3) is 0.350. The summed E-state index contributed by atoms with van der Waals surface area (Å²) in [5.41, 5.74) is 13.9. The molecule has 1 atom stereocenters. The molecule has 0 spiro atoms. The summed E-state index contributed by atoms with van der Waals surface area (Å²) in [4.78, 5) is 15.2. The molecule has 1 saturated heterocycles. The summed E-state index contributed by atoms with van der Waals surface area (Å²) in [6.07, 6.45) is 2.15. The van der Waals surface area contributed by atoms with Gasteiger partial charge in [0.25, 0.3) is 0 Å². The van der Waals surface area contributed by atoms with Crippen molar-refractivity contribution in [2.75, 3.05) is 42.6 Å². The standard InChI is InChI=1S/C20H24FN7/c1-24-18-13-7-8-15(25-19(13)27-20(23)26-18)17-14(21)5-2-6-16(17)28-9-3-4-12(10-22)11-28/h2,5-8,12H,3-4,9-11,22H2,1H3,(H3,23,24,25,26,27). The van der Waals surface area contributed by atoms with Crippen LogP contribution in [0.5, 0.6) is 0 Å². The van der Waals surface area contributed by atoms with Crippen LogP contribution < -0.4 is 21.7 Å². The van der Waals surface area contributed by atoms with Crippen molar-refractivity contribution in [3.05, 3.63) is 36.1 Å². The zero-order valence-electron chi connectivity index (χ0n) is 15.8. The molecule has 8 heteroatoms. The van der Waals surface area contributed by atoms with Crippen LogP contribution in [0.15, 0.2) is 30.3 Å². The van der Waals surface area contributed by atoms with E-state index < -0.39 is 0 Å². The molecule has 2 aromatic heterocycles. The van der Waals surface area contributed by atoms with Gasteiger partial charge in [0, 0.05) is 25.8 Å². The average molecular weight is 381 g/mol. The Bertz CT molecular complexity index is 1010. The predicted molar refractivity (Wildman–Crippen MR) is 111 cm³/mol. The van der Waals surface area contributed by atoms with Crippen LogP contribution in [-0.2, 0) is 0 Å². The molecular weight excluding hydrogens is 357 g/mol. The van der Waals surface area contributed by atoms with Gasteiger partial charge in [-0.25, -0.2) is 9.37 Å². The van der Waals surface area contributed by atoms with E-state index in [4.69, 9.17) is 11.5 Å². The number of hydrogen-bond acceptors (Lipinski definition) is 7.